The number of aromatic nitrogens is 2. The molecule has 2 aromatic rings. The van der Waals surface area contributed by atoms with Gasteiger partial charge in [-0.1, -0.05) is 6.07 Å². The molecule has 4 heteroatoms. The third-order valence-electron chi connectivity index (χ3n) is 1.81. The molecule has 1 aromatic carbocycles. The van der Waals surface area contributed by atoms with Crippen LogP contribution < -0.4 is 5.73 Å². The topological polar surface area (TPSA) is 51.8 Å². The Kier molecular flexibility index (Phi) is 2.07. The maximum atomic E-state index is 5.80. The van der Waals surface area contributed by atoms with E-state index in [0.717, 1.165) is 14.5 Å². The summed E-state index contributed by atoms with van der Waals surface area (Å²) in [7, 11) is 0. The molecule has 2 N–H and O–H groups in total. The minimum atomic E-state index is 0.563. The van der Waals surface area contributed by atoms with Crippen molar-refractivity contribution in [1.82, 2.24) is 9.97 Å². The first-order valence-electron chi connectivity index (χ1n) is 3.87. The molecule has 0 aliphatic rings. The lowest BCUT2D eigenvalue weighted by molar-refractivity contribution is 1.10. The van der Waals surface area contributed by atoms with Crippen molar-refractivity contribution in [2.24, 2.45) is 0 Å². The van der Waals surface area contributed by atoms with Crippen LogP contribution in [-0.2, 0) is 0 Å². The van der Waals surface area contributed by atoms with Gasteiger partial charge in [-0.2, -0.15) is 0 Å². The fourth-order valence-corrected chi connectivity index (χ4v) is 2.05. The molecule has 1 aromatic heterocycles. The molecule has 0 aliphatic heterocycles. The number of fused-ring (bicyclic) bond motifs is 1. The van der Waals surface area contributed by atoms with E-state index in [1.807, 2.05) is 25.1 Å². The second kappa shape index (κ2) is 3.10. The van der Waals surface area contributed by atoms with Gasteiger partial charge >= 0.3 is 0 Å². The Hall–Kier alpha value is -0.910. The molecule has 0 fully saturated rings. The molecule has 66 valence electrons. The maximum Gasteiger partial charge on any atom is 0.136 e. The molecule has 3 nitrogen and oxygen atoms in total. The Bertz CT molecular complexity index is 468. The lowest BCUT2D eigenvalue weighted by Gasteiger charge is -2.03. The predicted octanol–water partition coefficient (Wildman–Crippen LogP) is 2.13. The second-order valence-corrected chi connectivity index (χ2v) is 3.95. The van der Waals surface area contributed by atoms with Gasteiger partial charge in [0.2, 0.25) is 0 Å². The van der Waals surface area contributed by atoms with Crippen LogP contribution in [0.2, 0.25) is 0 Å². The van der Waals surface area contributed by atoms with Gasteiger partial charge in [-0.3, -0.25) is 0 Å². The molecule has 0 unspecified atom stereocenters. The number of aryl methyl sites for hydroxylation is 1. The zero-order valence-corrected chi connectivity index (χ0v) is 9.24. The molecule has 0 aliphatic carbocycles. The number of hydrogen-bond donors (Lipinski definition) is 1. The number of nitrogens with zero attached hydrogens (tertiary/aromatic N) is 2. The van der Waals surface area contributed by atoms with Crippen LogP contribution in [0.15, 0.2) is 18.2 Å². The average molecular weight is 285 g/mol. The van der Waals surface area contributed by atoms with Gasteiger partial charge in [0.25, 0.3) is 0 Å². The van der Waals surface area contributed by atoms with E-state index in [4.69, 9.17) is 5.73 Å². The van der Waals surface area contributed by atoms with E-state index in [9.17, 15) is 0 Å². The number of nitrogen functional groups attached to an aromatic ring is 1. The van der Waals surface area contributed by atoms with E-state index >= 15 is 0 Å². The molecule has 0 bridgehead atoms. The van der Waals surface area contributed by atoms with Gasteiger partial charge in [-0.25, -0.2) is 9.97 Å². The number of benzene rings is 1. The molecular weight excluding hydrogens is 277 g/mol. The monoisotopic (exact) mass is 285 g/mol. The highest BCUT2D eigenvalue weighted by Gasteiger charge is 2.04. The Labute approximate surface area is 89.5 Å². The lowest BCUT2D eigenvalue weighted by Crippen LogP contribution is -1.98. The number of anilines is 1. The fraction of sp³-hybridized carbons (Fsp3) is 0.111. The van der Waals surface area contributed by atoms with Crippen molar-refractivity contribution >= 4 is 39.3 Å². The third-order valence-corrected chi connectivity index (χ3v) is 2.71. The molecule has 0 saturated heterocycles. The van der Waals surface area contributed by atoms with Crippen molar-refractivity contribution in [3.63, 3.8) is 0 Å². The normalized spacial score (nSPS) is 10.6. The van der Waals surface area contributed by atoms with Gasteiger partial charge in [0.05, 0.1) is 10.9 Å². The first-order valence-corrected chi connectivity index (χ1v) is 4.94. The van der Waals surface area contributed by atoms with Gasteiger partial charge in [-0.15, -0.1) is 0 Å². The van der Waals surface area contributed by atoms with Crippen molar-refractivity contribution in [1.29, 1.82) is 0 Å². The van der Waals surface area contributed by atoms with Crippen molar-refractivity contribution in [3.05, 3.63) is 27.6 Å². The van der Waals surface area contributed by atoms with Gasteiger partial charge < -0.3 is 5.73 Å². The van der Waals surface area contributed by atoms with E-state index in [1.54, 1.807) is 0 Å². The molecule has 0 radical (unpaired) electrons. The average Bonchev–Trinajstić information content (AvgIpc) is 2.02. The second-order valence-electron chi connectivity index (χ2n) is 2.79. The summed E-state index contributed by atoms with van der Waals surface area (Å²) in [6.45, 7) is 1.84. The maximum absolute atomic E-state index is 5.80. The van der Waals surface area contributed by atoms with E-state index in [-0.39, 0.29) is 0 Å². The van der Waals surface area contributed by atoms with Crippen molar-refractivity contribution in [3.8, 4) is 0 Å². The molecule has 0 saturated carbocycles. The van der Waals surface area contributed by atoms with Crippen LogP contribution in [-0.4, -0.2) is 9.97 Å². The SMILES string of the molecule is Cc1nc(N)c2c(I)cccc2n1. The van der Waals surface area contributed by atoms with Gasteiger partial charge in [-0.05, 0) is 41.6 Å². The van der Waals surface area contributed by atoms with Crippen molar-refractivity contribution in [2.45, 2.75) is 6.92 Å². The van der Waals surface area contributed by atoms with Crippen molar-refractivity contribution in [2.75, 3.05) is 5.73 Å². The number of halogens is 1. The Morgan fingerprint density at radius 3 is 2.85 bits per heavy atom. The fourth-order valence-electron chi connectivity index (χ4n) is 1.29. The van der Waals surface area contributed by atoms with Crippen LogP contribution in [0.5, 0.6) is 0 Å². The highest BCUT2D eigenvalue weighted by Crippen LogP contribution is 2.23. The summed E-state index contributed by atoms with van der Waals surface area (Å²) in [6.07, 6.45) is 0. The summed E-state index contributed by atoms with van der Waals surface area (Å²) in [5.41, 5.74) is 6.72. The van der Waals surface area contributed by atoms with Crippen molar-refractivity contribution < 1.29 is 0 Å². The van der Waals surface area contributed by atoms with Gasteiger partial charge in [0.1, 0.15) is 11.6 Å². The molecule has 1 heterocycles. The van der Waals surface area contributed by atoms with Crippen LogP contribution in [0.25, 0.3) is 10.9 Å². The summed E-state index contributed by atoms with van der Waals surface area (Å²) < 4.78 is 1.09. The Balaban J connectivity index is 2.94. The van der Waals surface area contributed by atoms with E-state index in [1.165, 1.54) is 0 Å². The van der Waals surface area contributed by atoms with Crippen LogP contribution in [0.3, 0.4) is 0 Å². The first kappa shape index (κ1) is 8.68. The van der Waals surface area contributed by atoms with Crippen LogP contribution >= 0.6 is 22.6 Å². The zero-order valence-electron chi connectivity index (χ0n) is 7.08. The van der Waals surface area contributed by atoms with E-state index in [2.05, 4.69) is 32.6 Å². The molecule has 0 atom stereocenters. The number of nitrogens with two attached hydrogens (primary N) is 1. The highest BCUT2D eigenvalue weighted by molar-refractivity contribution is 14.1. The number of rotatable bonds is 0. The minimum absolute atomic E-state index is 0.563. The standard InChI is InChI=1S/C9H8IN3/c1-5-12-7-4-2-3-6(10)8(7)9(11)13-5/h2-4H,1H3,(H2,11,12,13). The Morgan fingerprint density at radius 2 is 2.08 bits per heavy atom. The first-order chi connectivity index (χ1) is 6.18. The number of hydrogen-bond acceptors (Lipinski definition) is 3. The quantitative estimate of drug-likeness (QED) is 0.754. The largest absolute Gasteiger partial charge is 0.383 e. The molecule has 2 rings (SSSR count). The minimum Gasteiger partial charge on any atom is -0.383 e. The predicted molar refractivity (Wildman–Crippen MR) is 61.4 cm³/mol. The Morgan fingerprint density at radius 1 is 1.31 bits per heavy atom. The lowest BCUT2D eigenvalue weighted by atomic mass is 10.2. The molecule has 0 spiro atoms. The highest BCUT2D eigenvalue weighted by atomic mass is 127. The van der Waals surface area contributed by atoms with Gasteiger partial charge in [0, 0.05) is 3.57 Å². The summed E-state index contributed by atoms with van der Waals surface area (Å²) in [4.78, 5) is 8.43. The summed E-state index contributed by atoms with van der Waals surface area (Å²) in [6, 6.07) is 5.91. The summed E-state index contributed by atoms with van der Waals surface area (Å²) in [5, 5.41) is 0.953. The van der Waals surface area contributed by atoms with E-state index < -0.39 is 0 Å². The van der Waals surface area contributed by atoms with Crippen LogP contribution in [0.1, 0.15) is 5.82 Å². The molecule has 0 amide bonds. The zero-order chi connectivity index (χ0) is 9.42. The van der Waals surface area contributed by atoms with Crippen LogP contribution in [0.4, 0.5) is 5.82 Å². The van der Waals surface area contributed by atoms with Crippen LogP contribution in [0, 0.1) is 10.5 Å². The third kappa shape index (κ3) is 1.46. The molecular formula is C9H8IN3. The van der Waals surface area contributed by atoms with Gasteiger partial charge in [0.15, 0.2) is 0 Å². The summed E-state index contributed by atoms with van der Waals surface area (Å²) >= 11 is 2.24. The van der Waals surface area contributed by atoms with E-state index in [0.29, 0.717) is 11.6 Å². The molecule has 13 heavy (non-hydrogen) atoms. The summed E-state index contributed by atoms with van der Waals surface area (Å²) in [5.74, 6) is 1.28. The smallest absolute Gasteiger partial charge is 0.136 e.